The number of pyridine rings is 1. The van der Waals surface area contributed by atoms with E-state index < -0.39 is 5.41 Å². The molecule has 7 heteroatoms. The van der Waals surface area contributed by atoms with Gasteiger partial charge in [-0.15, -0.1) is 0 Å². The number of aromatic nitrogens is 4. The molecule has 1 aliphatic heterocycles. The second-order valence-electron chi connectivity index (χ2n) is 7.25. The number of morpholine rings is 1. The average molecular weight is 350 g/mol. The monoisotopic (exact) mass is 350 g/mol. The SMILES string of the molecule is C[C@@H]1COCCN1c1cc(C(C)(C)C#N)c2ccn(-c3ccn[nH]3)c2n1. The summed E-state index contributed by atoms with van der Waals surface area (Å²) in [5.41, 5.74) is 1.19. The van der Waals surface area contributed by atoms with Crippen molar-refractivity contribution in [3.05, 3.63) is 36.2 Å². The molecule has 0 spiro atoms. The molecule has 1 aliphatic rings. The first kappa shape index (κ1) is 16.6. The minimum atomic E-state index is -0.619. The van der Waals surface area contributed by atoms with Gasteiger partial charge in [-0.25, -0.2) is 4.98 Å². The average Bonchev–Trinajstić information content (AvgIpc) is 3.30. The van der Waals surface area contributed by atoms with Gasteiger partial charge < -0.3 is 9.64 Å². The van der Waals surface area contributed by atoms with Gasteiger partial charge in [-0.1, -0.05) is 0 Å². The maximum absolute atomic E-state index is 9.72. The number of rotatable bonds is 3. The molecule has 0 aliphatic carbocycles. The Bertz CT molecular complexity index is 966. The second kappa shape index (κ2) is 6.15. The number of H-pyrrole nitrogens is 1. The van der Waals surface area contributed by atoms with Crippen molar-refractivity contribution < 1.29 is 4.74 Å². The predicted octanol–water partition coefficient (Wildman–Crippen LogP) is 2.77. The summed E-state index contributed by atoms with van der Waals surface area (Å²) >= 11 is 0. The molecule has 0 aromatic carbocycles. The van der Waals surface area contributed by atoms with Crippen molar-refractivity contribution >= 4 is 16.9 Å². The lowest BCUT2D eigenvalue weighted by Crippen LogP contribution is -2.44. The Morgan fingerprint density at radius 1 is 1.38 bits per heavy atom. The summed E-state index contributed by atoms with van der Waals surface area (Å²) in [6.07, 6.45) is 3.68. The van der Waals surface area contributed by atoms with E-state index in [2.05, 4.69) is 34.2 Å². The molecule has 0 amide bonds. The molecule has 7 nitrogen and oxygen atoms in total. The summed E-state index contributed by atoms with van der Waals surface area (Å²) in [6.45, 7) is 8.18. The standard InChI is InChI=1S/C19H22N6O/c1-13-11-26-9-8-24(13)17-10-15(19(2,3)12-20)14-5-7-25(18(14)22-17)16-4-6-21-23-16/h4-7,10,13H,8-9,11H2,1-3H3,(H,21,23)/t13-/m1/s1. The molecular formula is C19H22N6O. The van der Waals surface area contributed by atoms with Crippen molar-refractivity contribution in [3.63, 3.8) is 0 Å². The van der Waals surface area contributed by atoms with Crippen LogP contribution < -0.4 is 4.90 Å². The molecule has 1 N–H and O–H groups in total. The summed E-state index contributed by atoms with van der Waals surface area (Å²) in [5.74, 6) is 1.73. The molecule has 134 valence electrons. The van der Waals surface area contributed by atoms with E-state index in [9.17, 15) is 5.26 Å². The summed E-state index contributed by atoms with van der Waals surface area (Å²) in [7, 11) is 0. The van der Waals surface area contributed by atoms with Crippen molar-refractivity contribution in [1.29, 1.82) is 5.26 Å². The van der Waals surface area contributed by atoms with E-state index in [1.54, 1.807) is 6.20 Å². The van der Waals surface area contributed by atoms with Gasteiger partial charge in [-0.3, -0.25) is 9.67 Å². The second-order valence-corrected chi connectivity index (χ2v) is 7.25. The van der Waals surface area contributed by atoms with Crippen LogP contribution in [0, 0.1) is 11.3 Å². The third-order valence-corrected chi connectivity index (χ3v) is 5.00. The van der Waals surface area contributed by atoms with Gasteiger partial charge in [0.25, 0.3) is 0 Å². The van der Waals surface area contributed by atoms with Crippen LogP contribution in [0.5, 0.6) is 0 Å². The largest absolute Gasteiger partial charge is 0.377 e. The smallest absolute Gasteiger partial charge is 0.148 e. The molecule has 1 atom stereocenters. The minimum absolute atomic E-state index is 0.238. The van der Waals surface area contributed by atoms with E-state index in [-0.39, 0.29) is 6.04 Å². The van der Waals surface area contributed by atoms with Crippen molar-refractivity contribution in [2.45, 2.75) is 32.2 Å². The number of nitriles is 1. The molecule has 1 saturated heterocycles. The van der Waals surface area contributed by atoms with Crippen molar-refractivity contribution in [2.24, 2.45) is 0 Å². The Morgan fingerprint density at radius 3 is 2.92 bits per heavy atom. The molecule has 4 rings (SSSR count). The van der Waals surface area contributed by atoms with Gasteiger partial charge in [-0.2, -0.15) is 10.4 Å². The highest BCUT2D eigenvalue weighted by molar-refractivity contribution is 5.85. The van der Waals surface area contributed by atoms with Crippen LogP contribution >= 0.6 is 0 Å². The van der Waals surface area contributed by atoms with Crippen molar-refractivity contribution in [3.8, 4) is 11.9 Å². The zero-order valence-corrected chi connectivity index (χ0v) is 15.2. The normalized spacial score (nSPS) is 18.2. The third kappa shape index (κ3) is 2.63. The summed E-state index contributed by atoms with van der Waals surface area (Å²) in [5, 5.41) is 17.7. The summed E-state index contributed by atoms with van der Waals surface area (Å²) < 4.78 is 7.55. The van der Waals surface area contributed by atoms with Crippen LogP contribution in [-0.4, -0.2) is 45.5 Å². The molecule has 0 bridgehead atoms. The first-order valence-corrected chi connectivity index (χ1v) is 8.79. The van der Waals surface area contributed by atoms with Crippen molar-refractivity contribution in [2.75, 3.05) is 24.7 Å². The summed E-state index contributed by atoms with van der Waals surface area (Å²) in [6, 6.07) is 8.65. The van der Waals surface area contributed by atoms with E-state index in [1.807, 2.05) is 36.7 Å². The van der Waals surface area contributed by atoms with Crippen LogP contribution in [0.4, 0.5) is 5.82 Å². The maximum atomic E-state index is 9.72. The van der Waals surface area contributed by atoms with E-state index in [1.165, 1.54) is 0 Å². The van der Waals surface area contributed by atoms with Gasteiger partial charge >= 0.3 is 0 Å². The Hall–Kier alpha value is -2.85. The Kier molecular flexibility index (Phi) is 3.93. The lowest BCUT2D eigenvalue weighted by molar-refractivity contribution is 0.0985. The molecule has 3 aromatic heterocycles. The Balaban J connectivity index is 1.96. The molecular weight excluding hydrogens is 328 g/mol. The number of hydrogen-bond donors (Lipinski definition) is 1. The fraction of sp³-hybridized carbons (Fsp3) is 0.421. The van der Waals surface area contributed by atoms with Crippen LogP contribution in [0.25, 0.3) is 16.9 Å². The maximum Gasteiger partial charge on any atom is 0.148 e. The zero-order chi connectivity index (χ0) is 18.3. The highest BCUT2D eigenvalue weighted by Gasteiger charge is 2.28. The van der Waals surface area contributed by atoms with E-state index in [0.717, 1.165) is 34.8 Å². The first-order chi connectivity index (χ1) is 12.5. The van der Waals surface area contributed by atoms with Crippen LogP contribution in [-0.2, 0) is 10.2 Å². The summed E-state index contributed by atoms with van der Waals surface area (Å²) in [4.78, 5) is 7.20. The quantitative estimate of drug-likeness (QED) is 0.785. The zero-order valence-electron chi connectivity index (χ0n) is 15.2. The van der Waals surface area contributed by atoms with E-state index in [0.29, 0.717) is 13.2 Å². The van der Waals surface area contributed by atoms with Gasteiger partial charge in [0.2, 0.25) is 0 Å². The number of anilines is 1. The molecule has 4 heterocycles. The molecule has 0 saturated carbocycles. The predicted molar refractivity (Wildman–Crippen MR) is 99.5 cm³/mol. The van der Waals surface area contributed by atoms with E-state index >= 15 is 0 Å². The number of hydrogen-bond acceptors (Lipinski definition) is 5. The number of nitrogens with zero attached hydrogens (tertiary/aromatic N) is 5. The van der Waals surface area contributed by atoms with Gasteiger partial charge in [0.15, 0.2) is 0 Å². The van der Waals surface area contributed by atoms with Crippen LogP contribution in [0.3, 0.4) is 0 Å². The van der Waals surface area contributed by atoms with E-state index in [4.69, 9.17) is 9.72 Å². The van der Waals surface area contributed by atoms with Gasteiger partial charge in [0.05, 0.1) is 36.9 Å². The topological polar surface area (TPSA) is 82.8 Å². The fourth-order valence-corrected chi connectivity index (χ4v) is 3.46. The molecule has 3 aromatic rings. The van der Waals surface area contributed by atoms with Crippen LogP contribution in [0.15, 0.2) is 30.6 Å². The number of fused-ring (bicyclic) bond motifs is 1. The lowest BCUT2D eigenvalue weighted by Gasteiger charge is -2.35. The van der Waals surface area contributed by atoms with Gasteiger partial charge in [-0.05, 0) is 38.5 Å². The molecule has 0 radical (unpaired) electrons. The van der Waals surface area contributed by atoms with Crippen LogP contribution in [0.2, 0.25) is 0 Å². The molecule has 0 unspecified atom stereocenters. The first-order valence-electron chi connectivity index (χ1n) is 8.79. The fourth-order valence-electron chi connectivity index (χ4n) is 3.46. The van der Waals surface area contributed by atoms with Crippen molar-refractivity contribution in [1.82, 2.24) is 19.7 Å². The van der Waals surface area contributed by atoms with Crippen LogP contribution in [0.1, 0.15) is 26.3 Å². The molecule has 1 fully saturated rings. The molecule has 26 heavy (non-hydrogen) atoms. The minimum Gasteiger partial charge on any atom is -0.377 e. The number of ether oxygens (including phenoxy) is 1. The number of aromatic amines is 1. The lowest BCUT2D eigenvalue weighted by atomic mass is 9.85. The Morgan fingerprint density at radius 2 is 2.23 bits per heavy atom. The Labute approximate surface area is 152 Å². The van der Waals surface area contributed by atoms with Gasteiger partial charge in [0.1, 0.15) is 17.3 Å². The number of nitrogens with one attached hydrogen (secondary N) is 1. The highest BCUT2D eigenvalue weighted by Crippen LogP contribution is 2.34. The highest BCUT2D eigenvalue weighted by atomic mass is 16.5. The van der Waals surface area contributed by atoms with Gasteiger partial charge in [0, 0.05) is 24.2 Å². The third-order valence-electron chi connectivity index (χ3n) is 5.00.